The molecule has 3 rings (SSSR count). The lowest BCUT2D eigenvalue weighted by Gasteiger charge is -2.36. The minimum atomic E-state index is -0.327. The van der Waals surface area contributed by atoms with Crippen LogP contribution in [0.25, 0.3) is 0 Å². The first-order chi connectivity index (χ1) is 12.5. The van der Waals surface area contributed by atoms with Crippen LogP contribution in [0.4, 0.5) is 0 Å². The Balaban J connectivity index is 0.00000196. The van der Waals surface area contributed by atoms with Gasteiger partial charge in [-0.25, -0.2) is 0 Å². The molecule has 2 aliphatic heterocycles. The summed E-state index contributed by atoms with van der Waals surface area (Å²) in [5, 5.41) is 3.19. The summed E-state index contributed by atoms with van der Waals surface area (Å²) < 4.78 is 5.72. The number of piperazine rings is 1. The predicted octanol–water partition coefficient (Wildman–Crippen LogP) is 1.18. The van der Waals surface area contributed by atoms with Crippen LogP contribution in [0.3, 0.4) is 0 Å². The molecule has 4 atom stereocenters. The van der Waals surface area contributed by atoms with Gasteiger partial charge in [0.15, 0.2) is 0 Å². The number of nitrogens with one attached hydrogen (secondary N) is 1. The van der Waals surface area contributed by atoms with Crippen LogP contribution in [0.2, 0.25) is 0 Å². The molecule has 1 aliphatic carbocycles. The van der Waals surface area contributed by atoms with Crippen molar-refractivity contribution in [1.29, 1.82) is 0 Å². The van der Waals surface area contributed by atoms with Crippen molar-refractivity contribution in [2.24, 2.45) is 11.7 Å². The number of hydrogen-bond acceptors (Lipinski definition) is 5. The first-order valence-corrected chi connectivity index (χ1v) is 10.2. The molecule has 164 valence electrons. The van der Waals surface area contributed by atoms with Crippen LogP contribution in [-0.2, 0) is 14.3 Å². The number of hydrogen-bond donors (Lipinski definition) is 2. The zero-order chi connectivity index (χ0) is 18.5. The van der Waals surface area contributed by atoms with Gasteiger partial charge in [-0.2, -0.15) is 0 Å². The number of carbonyl (C=O) groups excluding carboxylic acids is 2. The van der Waals surface area contributed by atoms with Crippen LogP contribution < -0.4 is 11.1 Å². The second-order valence-electron chi connectivity index (χ2n) is 8.20. The van der Waals surface area contributed by atoms with Gasteiger partial charge in [-0.3, -0.25) is 14.5 Å². The zero-order valence-electron chi connectivity index (χ0n) is 16.8. The molecule has 0 aromatic rings. The molecule has 2 saturated heterocycles. The molecule has 0 bridgehead atoms. The third-order valence-corrected chi connectivity index (χ3v) is 6.00. The molecule has 3 fully saturated rings. The van der Waals surface area contributed by atoms with E-state index in [0.717, 1.165) is 38.8 Å². The normalized spacial score (nSPS) is 30.9. The summed E-state index contributed by atoms with van der Waals surface area (Å²) in [6.45, 7) is 5.99. The van der Waals surface area contributed by atoms with E-state index in [1.807, 2.05) is 4.90 Å². The Hall–Kier alpha value is -0.600. The number of nitrogens with two attached hydrogens (primary N) is 1. The standard InChI is InChI=1S/C19H34N4O3.2ClH/c1-14-3-2-4-15(11-14)21-18(24)13-22-7-9-23(10-8-22)19(25)17-6-5-16(12-20)26-17;;/h14-17H,2-13,20H2,1H3,(H,21,24);2*1H/t14?,15?,16-,17+;;/m1../s1. The van der Waals surface area contributed by atoms with Gasteiger partial charge >= 0.3 is 0 Å². The minimum absolute atomic E-state index is 0. The highest BCUT2D eigenvalue weighted by Gasteiger charge is 2.34. The second kappa shape index (κ2) is 12.2. The Morgan fingerprint density at radius 3 is 2.39 bits per heavy atom. The van der Waals surface area contributed by atoms with E-state index in [1.165, 1.54) is 12.8 Å². The molecule has 1 saturated carbocycles. The summed E-state index contributed by atoms with van der Waals surface area (Å²) in [4.78, 5) is 28.9. The van der Waals surface area contributed by atoms with Crippen molar-refractivity contribution < 1.29 is 14.3 Å². The molecule has 0 radical (unpaired) electrons. The molecule has 0 aromatic carbocycles. The van der Waals surface area contributed by atoms with Crippen LogP contribution in [0, 0.1) is 5.92 Å². The van der Waals surface area contributed by atoms with Crippen LogP contribution in [0.5, 0.6) is 0 Å². The average molecular weight is 439 g/mol. The highest BCUT2D eigenvalue weighted by atomic mass is 35.5. The van der Waals surface area contributed by atoms with E-state index in [-0.39, 0.29) is 48.8 Å². The fourth-order valence-corrected chi connectivity index (χ4v) is 4.43. The third kappa shape index (κ3) is 7.02. The molecule has 2 amide bonds. The molecule has 28 heavy (non-hydrogen) atoms. The number of halogens is 2. The van der Waals surface area contributed by atoms with Gasteiger partial charge in [0.05, 0.1) is 12.6 Å². The number of amides is 2. The van der Waals surface area contributed by atoms with Crippen molar-refractivity contribution in [3.63, 3.8) is 0 Å². The summed E-state index contributed by atoms with van der Waals surface area (Å²) >= 11 is 0. The van der Waals surface area contributed by atoms with Crippen molar-refractivity contribution in [3.8, 4) is 0 Å². The van der Waals surface area contributed by atoms with Crippen LogP contribution in [0.15, 0.2) is 0 Å². The van der Waals surface area contributed by atoms with Crippen LogP contribution in [0.1, 0.15) is 45.4 Å². The number of nitrogens with zero attached hydrogens (tertiary/aromatic N) is 2. The molecular weight excluding hydrogens is 403 g/mol. The Labute approximate surface area is 180 Å². The van der Waals surface area contributed by atoms with Crippen LogP contribution >= 0.6 is 24.8 Å². The van der Waals surface area contributed by atoms with Gasteiger partial charge in [0.2, 0.25) is 5.91 Å². The van der Waals surface area contributed by atoms with E-state index in [9.17, 15) is 9.59 Å². The summed E-state index contributed by atoms with van der Waals surface area (Å²) in [5.41, 5.74) is 5.62. The molecular formula is C19H36Cl2N4O3. The summed E-state index contributed by atoms with van der Waals surface area (Å²) in [5.74, 6) is 0.912. The first kappa shape index (κ1) is 25.4. The Morgan fingerprint density at radius 2 is 1.79 bits per heavy atom. The Morgan fingerprint density at radius 1 is 1.07 bits per heavy atom. The highest BCUT2D eigenvalue weighted by Crippen LogP contribution is 2.23. The number of rotatable bonds is 5. The van der Waals surface area contributed by atoms with E-state index in [4.69, 9.17) is 10.5 Å². The topological polar surface area (TPSA) is 87.9 Å². The highest BCUT2D eigenvalue weighted by molar-refractivity contribution is 5.85. The molecule has 0 aromatic heterocycles. The van der Waals surface area contributed by atoms with E-state index in [1.54, 1.807) is 0 Å². The maximum Gasteiger partial charge on any atom is 0.251 e. The fourth-order valence-electron chi connectivity index (χ4n) is 4.43. The van der Waals surface area contributed by atoms with Crippen molar-refractivity contribution in [2.45, 2.75) is 63.7 Å². The summed E-state index contributed by atoms with van der Waals surface area (Å²) in [7, 11) is 0. The van der Waals surface area contributed by atoms with E-state index >= 15 is 0 Å². The minimum Gasteiger partial charge on any atom is -0.364 e. The quantitative estimate of drug-likeness (QED) is 0.672. The Bertz CT molecular complexity index is 504. The van der Waals surface area contributed by atoms with E-state index in [2.05, 4.69) is 17.1 Å². The molecule has 3 aliphatic rings. The van der Waals surface area contributed by atoms with Gasteiger partial charge in [0.25, 0.3) is 5.91 Å². The third-order valence-electron chi connectivity index (χ3n) is 6.00. The van der Waals surface area contributed by atoms with E-state index < -0.39 is 0 Å². The van der Waals surface area contributed by atoms with Gasteiger partial charge in [-0.15, -0.1) is 24.8 Å². The van der Waals surface area contributed by atoms with Crippen molar-refractivity contribution in [2.75, 3.05) is 39.3 Å². The fraction of sp³-hybridized carbons (Fsp3) is 0.895. The molecule has 3 N–H and O–H groups in total. The Kier molecular flexibility index (Phi) is 11.1. The average Bonchev–Trinajstić information content (AvgIpc) is 3.11. The van der Waals surface area contributed by atoms with Crippen molar-refractivity contribution in [3.05, 3.63) is 0 Å². The van der Waals surface area contributed by atoms with Gasteiger partial charge in [0.1, 0.15) is 6.10 Å². The largest absolute Gasteiger partial charge is 0.364 e. The van der Waals surface area contributed by atoms with Gasteiger partial charge in [-0.05, 0) is 31.6 Å². The maximum atomic E-state index is 12.5. The second-order valence-corrected chi connectivity index (χ2v) is 8.20. The molecule has 0 spiro atoms. The molecule has 9 heteroatoms. The van der Waals surface area contributed by atoms with Crippen molar-refractivity contribution >= 4 is 36.6 Å². The molecule has 7 nitrogen and oxygen atoms in total. The SMILES string of the molecule is CC1CCCC(NC(=O)CN2CCN(C(=O)[C@@H]3CC[C@H](CN)O3)CC2)C1.Cl.Cl. The number of ether oxygens (including phenoxy) is 1. The van der Waals surface area contributed by atoms with Gasteiger partial charge < -0.3 is 20.7 Å². The van der Waals surface area contributed by atoms with Gasteiger partial charge in [0, 0.05) is 38.8 Å². The summed E-state index contributed by atoms with van der Waals surface area (Å²) in [6, 6.07) is 0.337. The van der Waals surface area contributed by atoms with Crippen molar-refractivity contribution in [1.82, 2.24) is 15.1 Å². The smallest absolute Gasteiger partial charge is 0.251 e. The lowest BCUT2D eigenvalue weighted by Crippen LogP contribution is -2.53. The summed E-state index contributed by atoms with van der Waals surface area (Å²) in [6.07, 6.45) is 6.02. The first-order valence-electron chi connectivity index (χ1n) is 10.2. The predicted molar refractivity (Wildman–Crippen MR) is 114 cm³/mol. The monoisotopic (exact) mass is 438 g/mol. The molecule has 2 heterocycles. The lowest BCUT2D eigenvalue weighted by atomic mass is 9.87. The van der Waals surface area contributed by atoms with Crippen LogP contribution in [-0.4, -0.2) is 79.1 Å². The zero-order valence-corrected chi connectivity index (χ0v) is 18.4. The number of carbonyl (C=O) groups is 2. The lowest BCUT2D eigenvalue weighted by molar-refractivity contribution is -0.144. The maximum absolute atomic E-state index is 12.5. The van der Waals surface area contributed by atoms with E-state index in [0.29, 0.717) is 38.1 Å². The molecule has 2 unspecified atom stereocenters. The van der Waals surface area contributed by atoms with Gasteiger partial charge in [-0.1, -0.05) is 19.8 Å².